The van der Waals surface area contributed by atoms with Crippen molar-refractivity contribution in [3.8, 4) is 0 Å². The van der Waals surface area contributed by atoms with Crippen LogP contribution < -0.4 is 0 Å². The van der Waals surface area contributed by atoms with Crippen LogP contribution in [0.25, 0.3) is 0 Å². The van der Waals surface area contributed by atoms with E-state index in [9.17, 15) is 5.11 Å². The fourth-order valence-electron chi connectivity index (χ4n) is 1.15. The molecule has 0 spiro atoms. The van der Waals surface area contributed by atoms with Crippen LogP contribution in [0.5, 0.6) is 0 Å². The first kappa shape index (κ1) is 8.01. The number of nitrogens with one attached hydrogen (secondary N) is 1. The number of rotatable bonds is 1. The molecule has 1 aliphatic carbocycles. The van der Waals surface area contributed by atoms with E-state index in [-0.39, 0.29) is 0 Å². The molecule has 1 aromatic heterocycles. The Morgan fingerprint density at radius 1 is 1.38 bits per heavy atom. The van der Waals surface area contributed by atoms with Crippen molar-refractivity contribution in [2.75, 3.05) is 0 Å². The van der Waals surface area contributed by atoms with Crippen molar-refractivity contribution in [2.45, 2.75) is 6.10 Å². The summed E-state index contributed by atoms with van der Waals surface area (Å²) in [5, 5.41) is 9.49. The molecule has 0 saturated heterocycles. The molecule has 0 aliphatic heterocycles. The third-order valence-electron chi connectivity index (χ3n) is 1.81. The highest BCUT2D eigenvalue weighted by Crippen LogP contribution is 2.10. The van der Waals surface area contributed by atoms with E-state index in [2.05, 4.69) is 9.98 Å². The molecule has 0 amide bonds. The van der Waals surface area contributed by atoms with Gasteiger partial charge >= 0.3 is 0 Å². The lowest BCUT2D eigenvalue weighted by molar-refractivity contribution is 0.289. The molecule has 0 fully saturated rings. The van der Waals surface area contributed by atoms with Gasteiger partial charge in [-0.3, -0.25) is 0 Å². The first-order chi connectivity index (χ1) is 6.36. The van der Waals surface area contributed by atoms with E-state index in [4.69, 9.17) is 0 Å². The van der Waals surface area contributed by atoms with Crippen LogP contribution in [-0.2, 0) is 0 Å². The lowest BCUT2D eigenvalue weighted by Crippen LogP contribution is -2.16. The number of nitrogens with zero attached hydrogens (tertiary/aromatic N) is 1. The smallest absolute Gasteiger partial charge is 0.130 e. The topological polar surface area (TPSA) is 48.4 Å². The Labute approximate surface area is 76.1 Å². The van der Waals surface area contributed by atoms with Crippen molar-refractivity contribution < 1.29 is 5.11 Å². The van der Waals surface area contributed by atoms with Crippen molar-refractivity contribution in [1.29, 1.82) is 0 Å². The Hall–Kier alpha value is -1.61. The number of aliphatic hydroxyl groups excluding tert-OH is 1. The zero-order valence-corrected chi connectivity index (χ0v) is 7.01. The van der Waals surface area contributed by atoms with Gasteiger partial charge in [-0.25, -0.2) is 4.99 Å². The minimum absolute atomic E-state index is 0.590. The zero-order valence-electron chi connectivity index (χ0n) is 7.01. The molecular weight excluding hydrogens is 164 g/mol. The van der Waals surface area contributed by atoms with Gasteiger partial charge in [0.25, 0.3) is 0 Å². The van der Waals surface area contributed by atoms with Crippen LogP contribution in [0.15, 0.2) is 47.6 Å². The van der Waals surface area contributed by atoms with Gasteiger partial charge in [0, 0.05) is 6.20 Å². The van der Waals surface area contributed by atoms with E-state index in [0.29, 0.717) is 5.71 Å². The molecule has 1 unspecified atom stereocenters. The van der Waals surface area contributed by atoms with E-state index in [0.717, 1.165) is 5.82 Å². The van der Waals surface area contributed by atoms with Crippen molar-refractivity contribution in [3.05, 3.63) is 42.6 Å². The maximum absolute atomic E-state index is 9.49. The fraction of sp³-hybridized carbons (Fsp3) is 0.100. The van der Waals surface area contributed by atoms with Crippen LogP contribution >= 0.6 is 0 Å². The lowest BCUT2D eigenvalue weighted by Gasteiger charge is -2.07. The van der Waals surface area contributed by atoms with Crippen molar-refractivity contribution in [2.24, 2.45) is 4.99 Å². The van der Waals surface area contributed by atoms with Gasteiger partial charge in [-0.2, -0.15) is 0 Å². The third-order valence-corrected chi connectivity index (χ3v) is 1.81. The average molecular weight is 174 g/mol. The molecule has 1 atom stereocenters. The Morgan fingerprint density at radius 2 is 2.31 bits per heavy atom. The maximum Gasteiger partial charge on any atom is 0.130 e. The summed E-state index contributed by atoms with van der Waals surface area (Å²) in [7, 11) is 0. The Kier molecular flexibility index (Phi) is 2.10. The van der Waals surface area contributed by atoms with Gasteiger partial charge in [0.05, 0.1) is 5.71 Å². The van der Waals surface area contributed by atoms with Crippen LogP contribution in [0, 0.1) is 0 Å². The van der Waals surface area contributed by atoms with Crippen molar-refractivity contribution in [1.82, 2.24) is 4.98 Å². The highest BCUT2D eigenvalue weighted by atomic mass is 16.3. The first-order valence-electron chi connectivity index (χ1n) is 4.11. The van der Waals surface area contributed by atoms with Crippen LogP contribution in [-0.4, -0.2) is 21.9 Å². The van der Waals surface area contributed by atoms with Crippen LogP contribution in [0.2, 0.25) is 0 Å². The monoisotopic (exact) mass is 174 g/mol. The number of hydrogen-bond acceptors (Lipinski definition) is 2. The Balaban J connectivity index is 2.26. The molecule has 3 heteroatoms. The molecule has 2 N–H and O–H groups in total. The zero-order chi connectivity index (χ0) is 9.10. The van der Waals surface area contributed by atoms with Crippen molar-refractivity contribution in [3.63, 3.8) is 0 Å². The first-order valence-corrected chi connectivity index (χ1v) is 4.11. The highest BCUT2D eigenvalue weighted by Gasteiger charge is 2.08. The van der Waals surface area contributed by atoms with E-state index < -0.39 is 6.10 Å². The molecule has 0 bridgehead atoms. The predicted octanol–water partition coefficient (Wildman–Crippen LogP) is 1.57. The second kappa shape index (κ2) is 3.41. The fourth-order valence-corrected chi connectivity index (χ4v) is 1.15. The number of aromatic nitrogens is 1. The van der Waals surface area contributed by atoms with Crippen molar-refractivity contribution >= 4 is 11.5 Å². The molecule has 1 aliphatic rings. The summed E-state index contributed by atoms with van der Waals surface area (Å²) in [4.78, 5) is 7.18. The summed E-state index contributed by atoms with van der Waals surface area (Å²) in [6, 6.07) is 3.72. The molecule has 2 rings (SSSR count). The minimum atomic E-state index is -0.590. The van der Waals surface area contributed by atoms with Gasteiger partial charge in [-0.15, -0.1) is 0 Å². The Bertz CT molecular complexity index is 360. The molecule has 1 aromatic rings. The quantitative estimate of drug-likeness (QED) is 0.667. The molecule has 0 saturated carbocycles. The van der Waals surface area contributed by atoms with Gasteiger partial charge in [-0.1, -0.05) is 18.2 Å². The maximum atomic E-state index is 9.49. The largest absolute Gasteiger partial charge is 0.383 e. The molecule has 66 valence electrons. The second-order valence-electron chi connectivity index (χ2n) is 2.78. The van der Waals surface area contributed by atoms with Crippen LogP contribution in [0.1, 0.15) is 0 Å². The summed E-state index contributed by atoms with van der Waals surface area (Å²) in [6.07, 6.45) is 8.36. The number of H-pyrrole nitrogens is 1. The van der Waals surface area contributed by atoms with Gasteiger partial charge < -0.3 is 10.1 Å². The summed E-state index contributed by atoms with van der Waals surface area (Å²) in [6.45, 7) is 0. The summed E-state index contributed by atoms with van der Waals surface area (Å²) < 4.78 is 0. The molecule has 0 aromatic carbocycles. The van der Waals surface area contributed by atoms with E-state index >= 15 is 0 Å². The number of aliphatic hydroxyl groups is 1. The van der Waals surface area contributed by atoms with Gasteiger partial charge in [0.15, 0.2) is 0 Å². The summed E-state index contributed by atoms with van der Waals surface area (Å²) in [5.74, 6) is 0.758. The normalized spacial score (nSPS) is 24.1. The van der Waals surface area contributed by atoms with Gasteiger partial charge in [-0.05, 0) is 18.2 Å². The number of aliphatic imine (C=N–C) groups is 1. The SMILES string of the molecule is OC1C=CC=CC1=Nc1ccc[nH]1. The van der Waals surface area contributed by atoms with E-state index in [1.807, 2.05) is 18.2 Å². The van der Waals surface area contributed by atoms with Gasteiger partial charge in [0.1, 0.15) is 11.9 Å². The summed E-state index contributed by atoms with van der Waals surface area (Å²) >= 11 is 0. The molecule has 3 nitrogen and oxygen atoms in total. The number of allylic oxidation sites excluding steroid dienone is 2. The second-order valence-corrected chi connectivity index (χ2v) is 2.78. The van der Waals surface area contributed by atoms with Crippen LogP contribution in [0.4, 0.5) is 5.82 Å². The predicted molar refractivity (Wildman–Crippen MR) is 52.2 cm³/mol. The lowest BCUT2D eigenvalue weighted by atomic mass is 10.1. The van der Waals surface area contributed by atoms with Crippen LogP contribution in [0.3, 0.4) is 0 Å². The highest BCUT2D eigenvalue weighted by molar-refractivity contribution is 6.02. The standard InChI is InChI=1S/C10H10N2O/c13-9-5-2-1-4-8(9)12-10-6-3-7-11-10/h1-7,9,11,13H. The molecule has 13 heavy (non-hydrogen) atoms. The minimum Gasteiger partial charge on any atom is -0.383 e. The Morgan fingerprint density at radius 3 is 3.00 bits per heavy atom. The number of aromatic amines is 1. The average Bonchev–Trinajstić information content (AvgIpc) is 2.61. The van der Waals surface area contributed by atoms with E-state index in [1.165, 1.54) is 0 Å². The van der Waals surface area contributed by atoms with E-state index in [1.54, 1.807) is 24.4 Å². The van der Waals surface area contributed by atoms with Gasteiger partial charge in [0.2, 0.25) is 0 Å². The molecular formula is C10H10N2O. The molecule has 1 heterocycles. The number of hydrogen-bond donors (Lipinski definition) is 2. The summed E-state index contributed by atoms with van der Waals surface area (Å²) in [5.41, 5.74) is 0.657. The molecule has 0 radical (unpaired) electrons. The third kappa shape index (κ3) is 1.76.